The van der Waals surface area contributed by atoms with Crippen LogP contribution in [-0.2, 0) is 0 Å². The van der Waals surface area contributed by atoms with Gasteiger partial charge in [0.2, 0.25) is 5.89 Å². The quantitative estimate of drug-likeness (QED) is 0.595. The number of hydrogen-bond acceptors (Lipinski definition) is 5. The molecule has 0 aliphatic carbocycles. The van der Waals surface area contributed by atoms with E-state index < -0.39 is 5.91 Å². The molecular formula is C19H13N3O3. The standard InChI is InChI=1S/C19H13N3O3/c23-15-8-2-1-7-14(15)18(24)21-13-6-3-5-12(11-13)19-22-17-16(25-19)9-4-10-20-17/h1-11,23H,(H,21,24). The van der Waals surface area contributed by atoms with Gasteiger partial charge < -0.3 is 14.8 Å². The lowest BCUT2D eigenvalue weighted by Gasteiger charge is -2.07. The fourth-order valence-electron chi connectivity index (χ4n) is 2.49. The Hall–Kier alpha value is -3.67. The SMILES string of the molecule is O=C(Nc1cccc(-c2nc3ncccc3o2)c1)c1ccccc1O. The van der Waals surface area contributed by atoms with Crippen molar-refractivity contribution in [1.29, 1.82) is 0 Å². The zero-order chi connectivity index (χ0) is 17.2. The molecular weight excluding hydrogens is 318 g/mol. The minimum Gasteiger partial charge on any atom is -0.507 e. The van der Waals surface area contributed by atoms with Crippen LogP contribution in [0.1, 0.15) is 10.4 Å². The number of hydrogen-bond donors (Lipinski definition) is 2. The number of phenols is 1. The number of oxazole rings is 1. The Labute approximate surface area is 142 Å². The van der Waals surface area contributed by atoms with Crippen molar-refractivity contribution in [2.24, 2.45) is 0 Å². The normalized spacial score (nSPS) is 10.7. The van der Waals surface area contributed by atoms with Crippen LogP contribution in [0.3, 0.4) is 0 Å². The van der Waals surface area contributed by atoms with Gasteiger partial charge in [-0.15, -0.1) is 0 Å². The first kappa shape index (κ1) is 14.9. The lowest BCUT2D eigenvalue weighted by Crippen LogP contribution is -2.11. The van der Waals surface area contributed by atoms with Gasteiger partial charge in [0.25, 0.3) is 5.91 Å². The van der Waals surface area contributed by atoms with Crippen molar-refractivity contribution < 1.29 is 14.3 Å². The van der Waals surface area contributed by atoms with E-state index in [0.717, 1.165) is 0 Å². The van der Waals surface area contributed by atoms with Crippen molar-refractivity contribution in [2.75, 3.05) is 5.32 Å². The summed E-state index contributed by atoms with van der Waals surface area (Å²) in [7, 11) is 0. The van der Waals surface area contributed by atoms with Crippen LogP contribution in [0.25, 0.3) is 22.7 Å². The fraction of sp³-hybridized carbons (Fsp3) is 0. The summed E-state index contributed by atoms with van der Waals surface area (Å²) in [6, 6.07) is 17.1. The number of aromatic nitrogens is 2. The van der Waals surface area contributed by atoms with E-state index in [1.54, 1.807) is 54.7 Å². The lowest BCUT2D eigenvalue weighted by atomic mass is 10.1. The summed E-state index contributed by atoms with van der Waals surface area (Å²) in [5, 5.41) is 12.5. The van der Waals surface area contributed by atoms with E-state index in [0.29, 0.717) is 28.4 Å². The van der Waals surface area contributed by atoms with Crippen LogP contribution in [0.2, 0.25) is 0 Å². The van der Waals surface area contributed by atoms with Gasteiger partial charge in [0.05, 0.1) is 5.56 Å². The minimum atomic E-state index is -0.394. The van der Waals surface area contributed by atoms with Gasteiger partial charge in [-0.3, -0.25) is 4.79 Å². The molecule has 0 fully saturated rings. The summed E-state index contributed by atoms with van der Waals surface area (Å²) in [5.74, 6) is -0.0389. The number of anilines is 1. The average Bonchev–Trinajstić information content (AvgIpc) is 3.06. The lowest BCUT2D eigenvalue weighted by molar-refractivity contribution is 0.102. The summed E-state index contributed by atoms with van der Waals surface area (Å²) in [6.45, 7) is 0. The van der Waals surface area contributed by atoms with Crippen LogP contribution < -0.4 is 5.32 Å². The van der Waals surface area contributed by atoms with Gasteiger partial charge in [-0.25, -0.2) is 4.98 Å². The Morgan fingerprint density at radius 3 is 2.76 bits per heavy atom. The van der Waals surface area contributed by atoms with E-state index in [4.69, 9.17) is 4.42 Å². The summed E-state index contributed by atoms with van der Waals surface area (Å²) in [5.41, 5.74) is 2.62. The highest BCUT2D eigenvalue weighted by Crippen LogP contribution is 2.26. The third-order valence-electron chi connectivity index (χ3n) is 3.68. The highest BCUT2D eigenvalue weighted by Gasteiger charge is 2.12. The molecule has 122 valence electrons. The Bertz CT molecular complexity index is 1040. The second-order valence-electron chi connectivity index (χ2n) is 5.40. The van der Waals surface area contributed by atoms with E-state index >= 15 is 0 Å². The molecule has 0 aliphatic rings. The number of rotatable bonds is 3. The van der Waals surface area contributed by atoms with Crippen molar-refractivity contribution in [3.05, 3.63) is 72.4 Å². The number of carbonyl (C=O) groups is 1. The molecule has 0 spiro atoms. The van der Waals surface area contributed by atoms with E-state index in [1.165, 1.54) is 6.07 Å². The smallest absolute Gasteiger partial charge is 0.259 e. The summed E-state index contributed by atoms with van der Waals surface area (Å²) in [6.07, 6.45) is 1.65. The molecule has 6 heteroatoms. The predicted octanol–water partition coefficient (Wildman–Crippen LogP) is 3.85. The summed E-state index contributed by atoms with van der Waals surface area (Å²) in [4.78, 5) is 20.8. The maximum Gasteiger partial charge on any atom is 0.259 e. The third kappa shape index (κ3) is 2.92. The molecule has 2 aromatic heterocycles. The maximum absolute atomic E-state index is 12.3. The zero-order valence-electron chi connectivity index (χ0n) is 13.0. The number of benzene rings is 2. The molecule has 4 aromatic rings. The topological polar surface area (TPSA) is 88.3 Å². The van der Waals surface area contributed by atoms with Gasteiger partial charge in [0.15, 0.2) is 11.2 Å². The number of phenolic OH excluding ortho intramolecular Hbond substituents is 1. The van der Waals surface area contributed by atoms with Gasteiger partial charge >= 0.3 is 0 Å². The van der Waals surface area contributed by atoms with Crippen molar-refractivity contribution >= 4 is 22.8 Å². The molecule has 0 saturated heterocycles. The highest BCUT2D eigenvalue weighted by atomic mass is 16.3. The molecule has 2 N–H and O–H groups in total. The van der Waals surface area contributed by atoms with E-state index in [1.807, 2.05) is 6.07 Å². The van der Waals surface area contributed by atoms with Gasteiger partial charge in [-0.05, 0) is 42.5 Å². The van der Waals surface area contributed by atoms with Gasteiger partial charge in [0, 0.05) is 17.4 Å². The van der Waals surface area contributed by atoms with Crippen LogP contribution >= 0.6 is 0 Å². The van der Waals surface area contributed by atoms with Crippen LogP contribution in [0.4, 0.5) is 5.69 Å². The highest BCUT2D eigenvalue weighted by molar-refractivity contribution is 6.06. The first-order chi connectivity index (χ1) is 12.2. The number of pyridine rings is 1. The number of amides is 1. The molecule has 25 heavy (non-hydrogen) atoms. The number of carbonyl (C=O) groups excluding carboxylic acids is 1. The molecule has 2 aromatic carbocycles. The van der Waals surface area contributed by atoms with Crippen LogP contribution in [0, 0.1) is 0 Å². The second kappa shape index (κ2) is 6.09. The summed E-state index contributed by atoms with van der Waals surface area (Å²) < 4.78 is 5.69. The Morgan fingerprint density at radius 1 is 1.04 bits per heavy atom. The zero-order valence-corrected chi connectivity index (χ0v) is 13.0. The minimum absolute atomic E-state index is 0.0684. The van der Waals surface area contributed by atoms with E-state index in [-0.39, 0.29) is 11.3 Å². The molecule has 0 radical (unpaired) electrons. The Kier molecular flexibility index (Phi) is 3.63. The fourth-order valence-corrected chi connectivity index (χ4v) is 2.49. The molecule has 0 atom stereocenters. The summed E-state index contributed by atoms with van der Waals surface area (Å²) >= 11 is 0. The first-order valence-corrected chi connectivity index (χ1v) is 7.62. The molecule has 0 saturated carbocycles. The average molecular weight is 331 g/mol. The first-order valence-electron chi connectivity index (χ1n) is 7.62. The van der Waals surface area contributed by atoms with Crippen molar-refractivity contribution in [3.8, 4) is 17.2 Å². The van der Waals surface area contributed by atoms with E-state index in [2.05, 4.69) is 15.3 Å². The van der Waals surface area contributed by atoms with Gasteiger partial charge in [-0.1, -0.05) is 18.2 Å². The Morgan fingerprint density at radius 2 is 1.92 bits per heavy atom. The van der Waals surface area contributed by atoms with Crippen LogP contribution in [-0.4, -0.2) is 21.0 Å². The van der Waals surface area contributed by atoms with Crippen LogP contribution in [0.5, 0.6) is 5.75 Å². The number of nitrogens with one attached hydrogen (secondary N) is 1. The second-order valence-corrected chi connectivity index (χ2v) is 5.40. The predicted molar refractivity (Wildman–Crippen MR) is 93.3 cm³/mol. The van der Waals surface area contributed by atoms with Gasteiger partial charge in [0.1, 0.15) is 5.75 Å². The molecule has 0 aliphatic heterocycles. The number of aromatic hydroxyl groups is 1. The molecule has 6 nitrogen and oxygen atoms in total. The number of fused-ring (bicyclic) bond motifs is 1. The van der Waals surface area contributed by atoms with E-state index in [9.17, 15) is 9.90 Å². The third-order valence-corrected chi connectivity index (χ3v) is 3.68. The Balaban J connectivity index is 1.63. The monoisotopic (exact) mass is 331 g/mol. The van der Waals surface area contributed by atoms with Crippen molar-refractivity contribution in [1.82, 2.24) is 9.97 Å². The molecule has 1 amide bonds. The van der Waals surface area contributed by atoms with Gasteiger partial charge in [-0.2, -0.15) is 4.98 Å². The molecule has 4 rings (SSSR count). The largest absolute Gasteiger partial charge is 0.507 e. The molecule has 2 heterocycles. The maximum atomic E-state index is 12.3. The number of nitrogens with zero attached hydrogens (tertiary/aromatic N) is 2. The van der Waals surface area contributed by atoms with Crippen molar-refractivity contribution in [3.63, 3.8) is 0 Å². The van der Waals surface area contributed by atoms with Crippen molar-refractivity contribution in [2.45, 2.75) is 0 Å². The van der Waals surface area contributed by atoms with Crippen LogP contribution in [0.15, 0.2) is 71.3 Å². The number of para-hydroxylation sites is 1. The molecule has 0 unspecified atom stereocenters. The molecule has 0 bridgehead atoms.